The Kier molecular flexibility index (Phi) is 7.17. The molecule has 0 radical (unpaired) electrons. The zero-order valence-electron chi connectivity index (χ0n) is 13.3. The van der Waals surface area contributed by atoms with E-state index >= 15 is 0 Å². The number of hydrogen-bond acceptors (Lipinski definition) is 2. The Balaban J connectivity index is 3.03. The highest BCUT2D eigenvalue weighted by Crippen LogP contribution is 2.19. The van der Waals surface area contributed by atoms with Crippen LogP contribution >= 0.6 is 11.6 Å². The fourth-order valence-electron chi connectivity index (χ4n) is 2.17. The maximum Gasteiger partial charge on any atom is 0.243 e. The Bertz CT molecular complexity index is 514. The van der Waals surface area contributed by atoms with Crippen molar-refractivity contribution in [2.45, 2.75) is 39.0 Å². The summed E-state index contributed by atoms with van der Waals surface area (Å²) in [5.74, 6) is 1.14. The number of rotatable bonds is 8. The van der Waals surface area contributed by atoms with Gasteiger partial charge in [-0.15, -0.1) is 11.6 Å². The second kappa shape index (κ2) is 8.16. The van der Waals surface area contributed by atoms with Gasteiger partial charge in [0.2, 0.25) is 10.0 Å². The van der Waals surface area contributed by atoms with Crippen LogP contribution in [0.5, 0.6) is 0 Å². The number of aryl methyl sites for hydroxylation is 1. The van der Waals surface area contributed by atoms with Gasteiger partial charge in [0.05, 0.1) is 4.90 Å². The molecule has 120 valence electrons. The molecule has 0 aliphatic carbocycles. The molecule has 0 unspecified atom stereocenters. The second-order valence-corrected chi connectivity index (χ2v) is 8.51. The normalized spacial score (nSPS) is 12.6. The van der Waals surface area contributed by atoms with E-state index in [0.29, 0.717) is 35.7 Å². The van der Waals surface area contributed by atoms with Crippen LogP contribution in [-0.2, 0) is 16.4 Å². The van der Waals surface area contributed by atoms with Crippen LogP contribution in [0, 0.1) is 11.8 Å². The topological polar surface area (TPSA) is 37.4 Å². The van der Waals surface area contributed by atoms with Crippen LogP contribution in [0.25, 0.3) is 0 Å². The third-order valence-corrected chi connectivity index (χ3v) is 5.12. The minimum absolute atomic E-state index is 0.300. The van der Waals surface area contributed by atoms with Gasteiger partial charge in [0.15, 0.2) is 0 Å². The number of sulfonamides is 1. The van der Waals surface area contributed by atoms with E-state index in [1.165, 1.54) is 0 Å². The van der Waals surface area contributed by atoms with E-state index in [0.717, 1.165) is 12.0 Å². The van der Waals surface area contributed by atoms with Gasteiger partial charge in [0.25, 0.3) is 0 Å². The largest absolute Gasteiger partial charge is 0.243 e. The molecule has 0 heterocycles. The maximum atomic E-state index is 12.8. The first-order chi connectivity index (χ1) is 9.77. The van der Waals surface area contributed by atoms with Gasteiger partial charge in [-0.1, -0.05) is 39.8 Å². The van der Waals surface area contributed by atoms with E-state index in [1.54, 1.807) is 16.4 Å². The molecule has 3 nitrogen and oxygen atoms in total. The molecule has 0 aliphatic heterocycles. The fourth-order valence-corrected chi connectivity index (χ4v) is 4.16. The van der Waals surface area contributed by atoms with E-state index in [-0.39, 0.29) is 0 Å². The van der Waals surface area contributed by atoms with Crippen molar-refractivity contribution in [1.82, 2.24) is 4.31 Å². The molecule has 0 fully saturated rings. The van der Waals surface area contributed by atoms with Crippen molar-refractivity contribution < 1.29 is 8.42 Å². The summed E-state index contributed by atoms with van der Waals surface area (Å²) < 4.78 is 27.1. The minimum Gasteiger partial charge on any atom is -0.207 e. The summed E-state index contributed by atoms with van der Waals surface area (Å²) in [5.41, 5.74) is 1.06. The van der Waals surface area contributed by atoms with Crippen molar-refractivity contribution in [3.05, 3.63) is 29.8 Å². The SMILES string of the molecule is CC(C)CN(CC(C)C)S(=O)(=O)c1ccc(CCCl)cc1. The highest BCUT2D eigenvalue weighted by molar-refractivity contribution is 7.89. The van der Waals surface area contributed by atoms with Crippen molar-refractivity contribution in [3.8, 4) is 0 Å². The summed E-state index contributed by atoms with van der Waals surface area (Å²) in [6.45, 7) is 9.23. The number of alkyl halides is 1. The van der Waals surface area contributed by atoms with Crippen molar-refractivity contribution in [2.24, 2.45) is 11.8 Å². The average Bonchev–Trinajstić information content (AvgIpc) is 2.38. The molecule has 0 aliphatic rings. The number of hydrogen-bond donors (Lipinski definition) is 0. The van der Waals surface area contributed by atoms with E-state index < -0.39 is 10.0 Å². The third-order valence-electron chi connectivity index (χ3n) is 3.08. The van der Waals surface area contributed by atoms with Gasteiger partial charge in [0, 0.05) is 19.0 Å². The predicted octanol–water partition coefficient (Wildman–Crippen LogP) is 3.77. The Labute approximate surface area is 134 Å². The maximum absolute atomic E-state index is 12.8. The van der Waals surface area contributed by atoms with E-state index in [9.17, 15) is 8.42 Å². The predicted molar refractivity (Wildman–Crippen MR) is 89.3 cm³/mol. The molecule has 0 bridgehead atoms. The quantitative estimate of drug-likeness (QED) is 0.680. The number of halogens is 1. The van der Waals surface area contributed by atoms with Crippen LogP contribution in [0.3, 0.4) is 0 Å². The van der Waals surface area contributed by atoms with E-state index in [1.807, 2.05) is 39.8 Å². The lowest BCUT2D eigenvalue weighted by atomic mass is 10.2. The van der Waals surface area contributed by atoms with Gasteiger partial charge < -0.3 is 0 Å². The molecule has 5 heteroatoms. The zero-order chi connectivity index (χ0) is 16.0. The molecule has 1 aromatic carbocycles. The van der Waals surface area contributed by atoms with E-state index in [2.05, 4.69) is 0 Å². The molecule has 0 amide bonds. The molecule has 0 saturated carbocycles. The summed E-state index contributed by atoms with van der Waals surface area (Å²) in [5, 5.41) is 0. The first kappa shape index (κ1) is 18.5. The lowest BCUT2D eigenvalue weighted by molar-refractivity contribution is 0.333. The van der Waals surface area contributed by atoms with Crippen LogP contribution in [0.15, 0.2) is 29.2 Å². The third kappa shape index (κ3) is 5.61. The van der Waals surface area contributed by atoms with Gasteiger partial charge in [-0.3, -0.25) is 0 Å². The van der Waals surface area contributed by atoms with Gasteiger partial charge in [0.1, 0.15) is 0 Å². The van der Waals surface area contributed by atoms with Crippen LogP contribution in [0.2, 0.25) is 0 Å². The number of benzene rings is 1. The van der Waals surface area contributed by atoms with Crippen molar-refractivity contribution in [3.63, 3.8) is 0 Å². The highest BCUT2D eigenvalue weighted by Gasteiger charge is 2.25. The molecule has 0 N–H and O–H groups in total. The lowest BCUT2D eigenvalue weighted by Crippen LogP contribution is -2.37. The first-order valence-electron chi connectivity index (χ1n) is 7.42. The van der Waals surface area contributed by atoms with Gasteiger partial charge in [-0.25, -0.2) is 8.42 Å². The molecule has 0 spiro atoms. The summed E-state index contributed by atoms with van der Waals surface area (Å²) in [4.78, 5) is 0.363. The molecule has 1 rings (SSSR count). The van der Waals surface area contributed by atoms with E-state index in [4.69, 9.17) is 11.6 Å². The molecule has 21 heavy (non-hydrogen) atoms. The van der Waals surface area contributed by atoms with Crippen LogP contribution < -0.4 is 0 Å². The monoisotopic (exact) mass is 331 g/mol. The minimum atomic E-state index is -3.42. The second-order valence-electron chi connectivity index (χ2n) is 6.19. The van der Waals surface area contributed by atoms with Gasteiger partial charge >= 0.3 is 0 Å². The average molecular weight is 332 g/mol. The Morgan fingerprint density at radius 2 is 1.48 bits per heavy atom. The fraction of sp³-hybridized carbons (Fsp3) is 0.625. The van der Waals surface area contributed by atoms with Crippen molar-refractivity contribution >= 4 is 21.6 Å². The van der Waals surface area contributed by atoms with Gasteiger partial charge in [-0.05, 0) is 36.0 Å². The van der Waals surface area contributed by atoms with Gasteiger partial charge in [-0.2, -0.15) is 4.31 Å². The zero-order valence-corrected chi connectivity index (χ0v) is 14.9. The van der Waals surface area contributed by atoms with Crippen molar-refractivity contribution in [2.75, 3.05) is 19.0 Å². The summed E-state index contributed by atoms with van der Waals surface area (Å²) in [6, 6.07) is 7.06. The standard InChI is InChI=1S/C16H26ClNO2S/c1-13(2)11-18(12-14(3)4)21(19,20)16-7-5-15(6-8-16)9-10-17/h5-8,13-14H,9-12H2,1-4H3. The van der Waals surface area contributed by atoms with Crippen molar-refractivity contribution in [1.29, 1.82) is 0 Å². The number of nitrogens with zero attached hydrogens (tertiary/aromatic N) is 1. The molecule has 0 saturated heterocycles. The van der Waals surface area contributed by atoms with Crippen LogP contribution in [0.1, 0.15) is 33.3 Å². The first-order valence-corrected chi connectivity index (χ1v) is 9.40. The molecule has 0 atom stereocenters. The molecular weight excluding hydrogens is 306 g/mol. The van der Waals surface area contributed by atoms with Crippen LogP contribution in [-0.4, -0.2) is 31.7 Å². The molecule has 1 aromatic rings. The smallest absolute Gasteiger partial charge is 0.207 e. The van der Waals surface area contributed by atoms with Crippen LogP contribution in [0.4, 0.5) is 0 Å². The Morgan fingerprint density at radius 1 is 1.00 bits per heavy atom. The summed E-state index contributed by atoms with van der Waals surface area (Å²) in [7, 11) is -3.42. The molecule has 0 aromatic heterocycles. The summed E-state index contributed by atoms with van der Waals surface area (Å²) >= 11 is 5.70. The summed E-state index contributed by atoms with van der Waals surface area (Å²) in [6.07, 6.45) is 0.754. The highest BCUT2D eigenvalue weighted by atomic mass is 35.5. The molecular formula is C16H26ClNO2S. The Hall–Kier alpha value is -0.580. The lowest BCUT2D eigenvalue weighted by Gasteiger charge is -2.25. The Morgan fingerprint density at radius 3 is 1.86 bits per heavy atom.